The highest BCUT2D eigenvalue weighted by Crippen LogP contribution is 2.61. The molecular formula is C24H41NO5. The molecule has 3 saturated carbocycles. The van der Waals surface area contributed by atoms with Crippen LogP contribution in [-0.2, 0) is 9.53 Å². The van der Waals surface area contributed by atoms with Gasteiger partial charge in [0.25, 0.3) is 0 Å². The van der Waals surface area contributed by atoms with E-state index >= 15 is 0 Å². The van der Waals surface area contributed by atoms with Gasteiger partial charge in [-0.25, -0.2) is 4.79 Å². The van der Waals surface area contributed by atoms with Crippen LogP contribution in [0.1, 0.15) is 97.8 Å². The summed E-state index contributed by atoms with van der Waals surface area (Å²) in [6.45, 7) is 7.26. The van der Waals surface area contributed by atoms with Crippen molar-refractivity contribution in [3.8, 4) is 0 Å². The van der Waals surface area contributed by atoms with Crippen LogP contribution >= 0.6 is 0 Å². The van der Waals surface area contributed by atoms with E-state index in [2.05, 4.69) is 26.1 Å². The SMILES string of the molecule is CC[C@@H]1C[C@@H](OC(=O)NCCCC(=O)O)CC[C@]1(C)[C@H]1CC[C@]2(C)CCC[C@]2(O)C1. The zero-order valence-corrected chi connectivity index (χ0v) is 19.0. The molecule has 30 heavy (non-hydrogen) atoms. The molecule has 0 heterocycles. The lowest BCUT2D eigenvalue weighted by atomic mass is 9.52. The van der Waals surface area contributed by atoms with Crippen LogP contribution in [0, 0.1) is 22.7 Å². The summed E-state index contributed by atoms with van der Waals surface area (Å²) in [5.74, 6) is 0.160. The van der Waals surface area contributed by atoms with Crippen molar-refractivity contribution in [2.45, 2.75) is 110 Å². The number of hydrogen-bond acceptors (Lipinski definition) is 4. The fraction of sp³-hybridized carbons (Fsp3) is 0.917. The Morgan fingerprint density at radius 1 is 1.13 bits per heavy atom. The molecule has 0 aromatic carbocycles. The second-order valence-electron chi connectivity index (χ2n) is 10.7. The molecule has 6 nitrogen and oxygen atoms in total. The van der Waals surface area contributed by atoms with Gasteiger partial charge in [-0.3, -0.25) is 4.79 Å². The van der Waals surface area contributed by atoms with Crippen LogP contribution in [0.15, 0.2) is 0 Å². The maximum absolute atomic E-state index is 12.1. The van der Waals surface area contributed by atoms with Gasteiger partial charge < -0.3 is 20.3 Å². The number of carboxylic acid groups (broad SMARTS) is 1. The number of nitrogens with one attached hydrogen (secondary N) is 1. The Morgan fingerprint density at radius 2 is 1.90 bits per heavy atom. The number of hydrogen-bond donors (Lipinski definition) is 3. The molecule has 0 aromatic heterocycles. The van der Waals surface area contributed by atoms with Gasteiger partial charge in [-0.15, -0.1) is 0 Å². The number of carboxylic acids is 1. The van der Waals surface area contributed by atoms with E-state index < -0.39 is 17.7 Å². The Morgan fingerprint density at radius 3 is 2.60 bits per heavy atom. The average molecular weight is 424 g/mol. The second kappa shape index (κ2) is 9.05. The van der Waals surface area contributed by atoms with Crippen molar-refractivity contribution < 1.29 is 24.5 Å². The number of aliphatic hydroxyl groups is 1. The maximum atomic E-state index is 12.1. The van der Waals surface area contributed by atoms with Gasteiger partial charge in [0, 0.05) is 13.0 Å². The van der Waals surface area contributed by atoms with E-state index in [-0.39, 0.29) is 23.4 Å². The maximum Gasteiger partial charge on any atom is 0.407 e. The van der Waals surface area contributed by atoms with Crippen LogP contribution in [0.2, 0.25) is 0 Å². The molecule has 3 N–H and O–H groups in total. The van der Waals surface area contributed by atoms with E-state index in [9.17, 15) is 14.7 Å². The number of fused-ring (bicyclic) bond motifs is 1. The standard InChI is InChI=1S/C24H41NO5/c1-4-17-15-19(30-21(28)25-14-5-7-20(26)27)9-13-23(17,3)18-8-12-22(2)10-6-11-24(22,29)16-18/h17-19,29H,4-16H2,1-3H3,(H,25,28)(H,26,27)/t17-,18+,19+,22+,23+,24+/m1/s1. The molecule has 3 aliphatic rings. The summed E-state index contributed by atoms with van der Waals surface area (Å²) in [5, 5.41) is 22.8. The van der Waals surface area contributed by atoms with Crippen molar-refractivity contribution in [1.82, 2.24) is 5.32 Å². The van der Waals surface area contributed by atoms with Crippen LogP contribution in [0.25, 0.3) is 0 Å². The minimum absolute atomic E-state index is 0.0484. The smallest absolute Gasteiger partial charge is 0.407 e. The number of rotatable bonds is 7. The molecule has 0 saturated heterocycles. The summed E-state index contributed by atoms with van der Waals surface area (Å²) < 4.78 is 5.67. The number of alkyl carbamates (subject to hydrolysis) is 1. The number of aliphatic carboxylic acids is 1. The molecule has 3 rings (SSSR count). The lowest BCUT2D eigenvalue weighted by Gasteiger charge is -2.55. The third-order valence-corrected chi connectivity index (χ3v) is 9.09. The minimum Gasteiger partial charge on any atom is -0.481 e. The van der Waals surface area contributed by atoms with Gasteiger partial charge in [0.05, 0.1) is 5.60 Å². The van der Waals surface area contributed by atoms with Gasteiger partial charge in [0.15, 0.2) is 0 Å². The van der Waals surface area contributed by atoms with E-state index in [4.69, 9.17) is 9.84 Å². The second-order valence-corrected chi connectivity index (χ2v) is 10.7. The Labute approximate surface area is 181 Å². The fourth-order valence-corrected chi connectivity index (χ4v) is 6.86. The fourth-order valence-electron chi connectivity index (χ4n) is 6.86. The van der Waals surface area contributed by atoms with Crippen LogP contribution in [0.5, 0.6) is 0 Å². The molecule has 0 spiro atoms. The molecule has 0 radical (unpaired) electrons. The average Bonchev–Trinajstić information content (AvgIpc) is 3.00. The Bertz CT molecular complexity index is 639. The van der Waals surface area contributed by atoms with Crippen LogP contribution in [-0.4, -0.2) is 40.5 Å². The molecule has 0 aromatic rings. The van der Waals surface area contributed by atoms with Crippen LogP contribution in [0.3, 0.4) is 0 Å². The molecule has 6 atom stereocenters. The zero-order chi connectivity index (χ0) is 22.0. The van der Waals surface area contributed by atoms with Gasteiger partial charge in [0.2, 0.25) is 0 Å². The van der Waals surface area contributed by atoms with Gasteiger partial charge >= 0.3 is 12.1 Å². The van der Waals surface area contributed by atoms with Gasteiger partial charge in [-0.2, -0.15) is 0 Å². The highest BCUT2D eigenvalue weighted by atomic mass is 16.6. The van der Waals surface area contributed by atoms with Crippen molar-refractivity contribution in [2.24, 2.45) is 22.7 Å². The van der Waals surface area contributed by atoms with E-state index in [1.54, 1.807) is 0 Å². The lowest BCUT2D eigenvalue weighted by molar-refractivity contribution is -0.137. The molecule has 6 heteroatoms. The molecular weight excluding hydrogens is 382 g/mol. The number of ether oxygens (including phenoxy) is 1. The van der Waals surface area contributed by atoms with E-state index in [0.29, 0.717) is 24.8 Å². The molecule has 3 aliphatic carbocycles. The quantitative estimate of drug-likeness (QED) is 0.507. The monoisotopic (exact) mass is 423 g/mol. The largest absolute Gasteiger partial charge is 0.481 e. The summed E-state index contributed by atoms with van der Waals surface area (Å²) >= 11 is 0. The highest BCUT2D eigenvalue weighted by molar-refractivity contribution is 5.68. The summed E-state index contributed by atoms with van der Waals surface area (Å²) in [6.07, 6.45) is 10.3. The van der Waals surface area contributed by atoms with Crippen molar-refractivity contribution >= 4 is 12.1 Å². The summed E-state index contributed by atoms with van der Waals surface area (Å²) in [4.78, 5) is 22.7. The number of amides is 1. The first kappa shape index (κ1) is 23.4. The molecule has 1 amide bonds. The van der Waals surface area contributed by atoms with E-state index in [0.717, 1.165) is 57.8 Å². The van der Waals surface area contributed by atoms with Crippen molar-refractivity contribution in [3.63, 3.8) is 0 Å². The van der Waals surface area contributed by atoms with E-state index in [1.165, 1.54) is 6.42 Å². The van der Waals surface area contributed by atoms with Crippen LogP contribution in [0.4, 0.5) is 4.79 Å². The summed E-state index contributed by atoms with van der Waals surface area (Å²) in [6, 6.07) is 0. The van der Waals surface area contributed by atoms with Gasteiger partial charge in [-0.1, -0.05) is 27.2 Å². The number of carbonyl (C=O) groups excluding carboxylic acids is 1. The third-order valence-electron chi connectivity index (χ3n) is 9.09. The zero-order valence-electron chi connectivity index (χ0n) is 19.0. The summed E-state index contributed by atoms with van der Waals surface area (Å²) in [5.41, 5.74) is -0.215. The highest BCUT2D eigenvalue weighted by Gasteiger charge is 2.57. The predicted molar refractivity (Wildman–Crippen MR) is 115 cm³/mol. The van der Waals surface area contributed by atoms with Gasteiger partial charge in [-0.05, 0) is 86.9 Å². The molecule has 0 aliphatic heterocycles. The van der Waals surface area contributed by atoms with Crippen molar-refractivity contribution in [1.29, 1.82) is 0 Å². The minimum atomic E-state index is -0.854. The topological polar surface area (TPSA) is 95.9 Å². The van der Waals surface area contributed by atoms with Crippen LogP contribution < -0.4 is 5.32 Å². The molecule has 0 bridgehead atoms. The lowest BCUT2D eigenvalue weighted by Crippen LogP contribution is -2.52. The Balaban J connectivity index is 1.55. The molecule has 172 valence electrons. The Kier molecular flexibility index (Phi) is 7.05. The first-order valence-electron chi connectivity index (χ1n) is 12.0. The molecule has 3 fully saturated rings. The van der Waals surface area contributed by atoms with Crippen molar-refractivity contribution in [3.05, 3.63) is 0 Å². The van der Waals surface area contributed by atoms with Gasteiger partial charge in [0.1, 0.15) is 6.10 Å². The number of carbonyl (C=O) groups is 2. The molecule has 0 unspecified atom stereocenters. The van der Waals surface area contributed by atoms with Crippen molar-refractivity contribution in [2.75, 3.05) is 6.54 Å². The normalized spacial score (nSPS) is 41.1. The first-order chi connectivity index (χ1) is 14.1. The van der Waals surface area contributed by atoms with E-state index in [1.807, 2.05) is 0 Å². The predicted octanol–water partition coefficient (Wildman–Crippen LogP) is 4.88. The third kappa shape index (κ3) is 4.63. The Hall–Kier alpha value is -1.30. The first-order valence-corrected chi connectivity index (χ1v) is 12.0. The summed E-state index contributed by atoms with van der Waals surface area (Å²) in [7, 11) is 0.